The number of hydrogen-bond donors (Lipinski definition) is 3. The summed E-state index contributed by atoms with van der Waals surface area (Å²) in [5.41, 5.74) is 1.28. The van der Waals surface area contributed by atoms with Gasteiger partial charge in [-0.25, -0.2) is 17.9 Å². The Morgan fingerprint density at radius 2 is 1.82 bits per heavy atom. The first-order chi connectivity index (χ1) is 10.4. The third kappa shape index (κ3) is 3.67. The van der Waals surface area contributed by atoms with E-state index in [0.717, 1.165) is 0 Å². The maximum atomic E-state index is 11.9. The number of aromatic nitrogens is 1. The summed E-state index contributed by atoms with van der Waals surface area (Å²) in [6.07, 6.45) is 2.74. The molecule has 0 spiro atoms. The number of aliphatic hydroxyl groups excluding tert-OH is 1. The lowest BCUT2D eigenvalue weighted by Gasteiger charge is -2.07. The lowest BCUT2D eigenvalue weighted by atomic mass is 10.1. The molecule has 0 radical (unpaired) electrons. The van der Waals surface area contributed by atoms with E-state index in [0.29, 0.717) is 11.1 Å². The van der Waals surface area contributed by atoms with Crippen LogP contribution in [0.4, 0.5) is 0 Å². The van der Waals surface area contributed by atoms with Crippen LogP contribution in [0.25, 0.3) is 11.1 Å². The van der Waals surface area contributed by atoms with Crippen LogP contribution in [0.2, 0.25) is 0 Å². The van der Waals surface area contributed by atoms with Crippen LogP contribution in [0, 0.1) is 0 Å². The molecule has 0 aliphatic carbocycles. The number of nitrogens with one attached hydrogen (secondary N) is 1. The minimum Gasteiger partial charge on any atom is -0.478 e. The van der Waals surface area contributed by atoms with Gasteiger partial charge in [-0.15, -0.1) is 0 Å². The van der Waals surface area contributed by atoms with Crippen LogP contribution in [0.3, 0.4) is 0 Å². The summed E-state index contributed by atoms with van der Waals surface area (Å²) in [5.74, 6) is -1.08. The van der Waals surface area contributed by atoms with Gasteiger partial charge in [0.15, 0.2) is 0 Å². The fourth-order valence-electron chi connectivity index (χ4n) is 1.80. The molecule has 0 bridgehead atoms. The normalized spacial score (nSPS) is 11.3. The number of pyridine rings is 1. The second kappa shape index (κ2) is 6.65. The molecule has 0 aliphatic heterocycles. The smallest absolute Gasteiger partial charge is 0.337 e. The summed E-state index contributed by atoms with van der Waals surface area (Å²) in [6.45, 7) is -0.348. The molecule has 1 aromatic carbocycles. The molecule has 116 valence electrons. The molecule has 1 heterocycles. The van der Waals surface area contributed by atoms with E-state index in [9.17, 15) is 13.2 Å². The molecule has 0 amide bonds. The number of carboxylic acids is 1. The van der Waals surface area contributed by atoms with Gasteiger partial charge < -0.3 is 10.2 Å². The predicted octanol–water partition coefficient (Wildman–Crippen LogP) is 0.717. The second-order valence-electron chi connectivity index (χ2n) is 4.41. The molecule has 0 aliphatic rings. The van der Waals surface area contributed by atoms with Gasteiger partial charge in [-0.1, -0.05) is 12.1 Å². The quantitative estimate of drug-likeness (QED) is 0.721. The Bertz CT molecular complexity index is 772. The summed E-state index contributed by atoms with van der Waals surface area (Å²) < 4.78 is 26.0. The van der Waals surface area contributed by atoms with Crippen LogP contribution in [0.1, 0.15) is 10.4 Å². The third-order valence-electron chi connectivity index (χ3n) is 2.89. The van der Waals surface area contributed by atoms with Gasteiger partial charge in [-0.2, -0.15) is 0 Å². The Morgan fingerprint density at radius 1 is 1.14 bits per heavy atom. The van der Waals surface area contributed by atoms with Crippen LogP contribution in [0.15, 0.2) is 47.6 Å². The van der Waals surface area contributed by atoms with Crippen molar-refractivity contribution in [3.63, 3.8) is 0 Å². The summed E-state index contributed by atoms with van der Waals surface area (Å²) in [5, 5.41) is 17.6. The first-order valence-electron chi connectivity index (χ1n) is 6.33. The first-order valence-corrected chi connectivity index (χ1v) is 7.81. The number of aromatic carboxylic acids is 1. The Kier molecular flexibility index (Phi) is 4.86. The maximum absolute atomic E-state index is 11.9. The van der Waals surface area contributed by atoms with E-state index in [4.69, 9.17) is 10.2 Å². The summed E-state index contributed by atoms with van der Waals surface area (Å²) in [4.78, 5) is 14.8. The zero-order valence-electron chi connectivity index (χ0n) is 11.4. The average Bonchev–Trinajstić information content (AvgIpc) is 2.53. The summed E-state index contributed by atoms with van der Waals surface area (Å²) >= 11 is 0. The van der Waals surface area contributed by atoms with E-state index >= 15 is 0 Å². The van der Waals surface area contributed by atoms with Gasteiger partial charge in [0, 0.05) is 24.5 Å². The van der Waals surface area contributed by atoms with Crippen molar-refractivity contribution in [2.45, 2.75) is 4.90 Å². The highest BCUT2D eigenvalue weighted by Gasteiger charge is 2.13. The number of hydrogen-bond acceptors (Lipinski definition) is 5. The van der Waals surface area contributed by atoms with E-state index in [1.165, 1.54) is 30.6 Å². The Morgan fingerprint density at radius 3 is 2.41 bits per heavy atom. The van der Waals surface area contributed by atoms with Gasteiger partial charge in [-0.3, -0.25) is 4.98 Å². The minimum atomic E-state index is -3.66. The molecule has 0 fully saturated rings. The van der Waals surface area contributed by atoms with Crippen LogP contribution in [-0.4, -0.2) is 42.7 Å². The topological polar surface area (TPSA) is 117 Å². The molecule has 8 heteroatoms. The van der Waals surface area contributed by atoms with Crippen molar-refractivity contribution in [1.29, 1.82) is 0 Å². The first kappa shape index (κ1) is 16.1. The summed E-state index contributed by atoms with van der Waals surface area (Å²) in [7, 11) is -3.66. The molecule has 3 N–H and O–H groups in total. The van der Waals surface area contributed by atoms with Crippen molar-refractivity contribution < 1.29 is 23.4 Å². The monoisotopic (exact) mass is 322 g/mol. The van der Waals surface area contributed by atoms with Crippen molar-refractivity contribution in [2.75, 3.05) is 13.2 Å². The molecule has 1 aromatic heterocycles. The number of benzene rings is 1. The van der Waals surface area contributed by atoms with Crippen LogP contribution < -0.4 is 4.72 Å². The highest BCUT2D eigenvalue weighted by Crippen LogP contribution is 2.21. The average molecular weight is 322 g/mol. The number of nitrogens with zero attached hydrogens (tertiary/aromatic N) is 1. The van der Waals surface area contributed by atoms with E-state index < -0.39 is 16.0 Å². The lowest BCUT2D eigenvalue weighted by molar-refractivity contribution is 0.0696. The largest absolute Gasteiger partial charge is 0.478 e. The molecule has 0 unspecified atom stereocenters. The van der Waals surface area contributed by atoms with Crippen molar-refractivity contribution in [3.8, 4) is 11.1 Å². The van der Waals surface area contributed by atoms with E-state index in [1.54, 1.807) is 12.1 Å². The molecular formula is C14H14N2O5S. The Balaban J connectivity index is 2.29. The molecule has 0 saturated heterocycles. The SMILES string of the molecule is O=C(O)c1cncc(-c2ccc(S(=O)(=O)NCCO)cc2)c1. The summed E-state index contributed by atoms with van der Waals surface area (Å²) in [6, 6.07) is 7.40. The highest BCUT2D eigenvalue weighted by molar-refractivity contribution is 7.89. The highest BCUT2D eigenvalue weighted by atomic mass is 32.2. The van der Waals surface area contributed by atoms with Gasteiger partial charge in [-0.05, 0) is 23.8 Å². The van der Waals surface area contributed by atoms with Gasteiger partial charge in [0.25, 0.3) is 0 Å². The second-order valence-corrected chi connectivity index (χ2v) is 6.18. The lowest BCUT2D eigenvalue weighted by Crippen LogP contribution is -2.26. The molecule has 7 nitrogen and oxygen atoms in total. The molecule has 2 rings (SSSR count). The number of rotatable bonds is 6. The van der Waals surface area contributed by atoms with E-state index in [1.807, 2.05) is 0 Å². The molecular weight excluding hydrogens is 308 g/mol. The Labute approximate surface area is 127 Å². The molecule has 2 aromatic rings. The van der Waals surface area contributed by atoms with Crippen molar-refractivity contribution in [3.05, 3.63) is 48.3 Å². The fourth-order valence-corrected chi connectivity index (χ4v) is 2.83. The third-order valence-corrected chi connectivity index (χ3v) is 4.36. The Hall–Kier alpha value is -2.29. The number of aliphatic hydroxyl groups is 1. The maximum Gasteiger partial charge on any atom is 0.337 e. The molecule has 0 saturated carbocycles. The van der Waals surface area contributed by atoms with Gasteiger partial charge in [0.05, 0.1) is 17.1 Å². The van der Waals surface area contributed by atoms with Crippen LogP contribution >= 0.6 is 0 Å². The van der Waals surface area contributed by atoms with Gasteiger partial charge in [0.2, 0.25) is 10.0 Å². The number of carbonyl (C=O) groups is 1. The zero-order chi connectivity index (χ0) is 16.2. The van der Waals surface area contributed by atoms with E-state index in [2.05, 4.69) is 9.71 Å². The standard InChI is InChI=1S/C14H14N2O5S/c17-6-5-16-22(20,21)13-3-1-10(2-4-13)11-7-12(14(18)19)9-15-8-11/h1-4,7-9,16-17H,5-6H2,(H,18,19). The number of carboxylic acid groups (broad SMARTS) is 1. The predicted molar refractivity (Wildman–Crippen MR) is 78.9 cm³/mol. The zero-order valence-corrected chi connectivity index (χ0v) is 12.2. The van der Waals surface area contributed by atoms with Gasteiger partial charge >= 0.3 is 5.97 Å². The van der Waals surface area contributed by atoms with Crippen molar-refractivity contribution >= 4 is 16.0 Å². The van der Waals surface area contributed by atoms with E-state index in [-0.39, 0.29) is 23.6 Å². The molecule has 22 heavy (non-hydrogen) atoms. The van der Waals surface area contributed by atoms with Gasteiger partial charge in [0.1, 0.15) is 0 Å². The van der Waals surface area contributed by atoms with Crippen molar-refractivity contribution in [2.24, 2.45) is 0 Å². The van der Waals surface area contributed by atoms with Crippen LogP contribution in [0.5, 0.6) is 0 Å². The van der Waals surface area contributed by atoms with Crippen LogP contribution in [-0.2, 0) is 10.0 Å². The van der Waals surface area contributed by atoms with Crippen molar-refractivity contribution in [1.82, 2.24) is 9.71 Å². The number of sulfonamides is 1. The minimum absolute atomic E-state index is 0.0545. The molecule has 0 atom stereocenters. The fraction of sp³-hybridized carbons (Fsp3) is 0.143.